The summed E-state index contributed by atoms with van der Waals surface area (Å²) in [5.41, 5.74) is -3.90. The predicted molar refractivity (Wildman–Crippen MR) is 166 cm³/mol. The fourth-order valence-electron chi connectivity index (χ4n) is 6.38. The van der Waals surface area contributed by atoms with Gasteiger partial charge in [-0.25, -0.2) is 0 Å². The molecule has 0 spiro atoms. The molecule has 3 aromatic rings. The third kappa shape index (κ3) is 10.0. The number of esters is 1. The summed E-state index contributed by atoms with van der Waals surface area (Å²) in [6.07, 6.45) is -11.5. The Bertz CT molecular complexity index is 1580. The number of carbonyl (C=O) groups is 1. The fourth-order valence-corrected chi connectivity index (χ4v) is 6.38. The number of carbonyl (C=O) groups excluding carboxylic acids is 1. The Morgan fingerprint density at radius 1 is 0.840 bits per heavy atom. The smallest absolute Gasteiger partial charge is 0.416 e. The molecule has 1 aliphatic carbocycles. The van der Waals surface area contributed by atoms with Crippen LogP contribution >= 0.6 is 0 Å². The molecule has 17 heteroatoms. The summed E-state index contributed by atoms with van der Waals surface area (Å²) < 4.78 is 130. The van der Waals surface area contributed by atoms with Crippen molar-refractivity contribution in [3.63, 3.8) is 0 Å². The normalized spacial score (nSPS) is 17.1. The van der Waals surface area contributed by atoms with Crippen molar-refractivity contribution in [2.45, 2.75) is 84.5 Å². The van der Waals surface area contributed by atoms with E-state index in [2.05, 4.69) is 15.4 Å². The summed E-state index contributed by atoms with van der Waals surface area (Å²) in [4.78, 5) is 16.1. The monoisotopic (exact) mass is 722 g/mol. The first kappa shape index (κ1) is 38.7. The van der Waals surface area contributed by atoms with Gasteiger partial charge in [-0.2, -0.15) is 44.3 Å². The van der Waals surface area contributed by atoms with Crippen molar-refractivity contribution < 1.29 is 49.0 Å². The van der Waals surface area contributed by atoms with Gasteiger partial charge in [0, 0.05) is 38.3 Å². The first-order valence-electron chi connectivity index (χ1n) is 16.2. The van der Waals surface area contributed by atoms with Crippen molar-refractivity contribution in [3.05, 3.63) is 63.7 Å². The third-order valence-corrected chi connectivity index (χ3v) is 8.82. The molecule has 1 aromatic heterocycles. The minimum Gasteiger partial charge on any atom is -0.466 e. The Kier molecular flexibility index (Phi) is 12.0. The molecule has 0 amide bonds. The number of halogens is 9. The number of alkyl halides is 9. The number of benzene rings is 2. The Hall–Kier alpha value is -4.05. The molecule has 1 heterocycles. The molecule has 4 rings (SSSR count). The number of anilines is 2. The van der Waals surface area contributed by atoms with Crippen LogP contribution in [0.4, 0.5) is 51.1 Å². The summed E-state index contributed by atoms with van der Waals surface area (Å²) in [5, 5.41) is 11.7. The molecule has 0 radical (unpaired) electrons. The molecule has 50 heavy (non-hydrogen) atoms. The highest BCUT2D eigenvalue weighted by atomic mass is 19.4. The minimum absolute atomic E-state index is 0.00549. The van der Waals surface area contributed by atoms with E-state index in [0.717, 1.165) is 36.5 Å². The molecule has 0 unspecified atom stereocenters. The Labute approximate surface area is 283 Å². The number of rotatable bonds is 12. The predicted octanol–water partition coefficient (Wildman–Crippen LogP) is 8.37. The highest BCUT2D eigenvalue weighted by Gasteiger charge is 2.38. The van der Waals surface area contributed by atoms with E-state index < -0.39 is 53.9 Å². The van der Waals surface area contributed by atoms with Crippen molar-refractivity contribution in [2.75, 3.05) is 29.5 Å². The standard InChI is InChI=1S/C33H39F9N6O2/c1-5-47(17-22-9-7-21(8-10-22)14-29(49)50-6-2)28-11-20(3)27(33(40,41)42)15-24(28)19-48(30-43-45-46(4)44-30)18-23-12-25(31(34,35)36)16-26(13-23)32(37,38)39/h11-13,15-16,21-22H,5-10,14,17-19H2,1-4H3/t21-,22-. The maximum absolute atomic E-state index is 14.2. The SMILES string of the molecule is CCOC(=O)C[C@H]1CC[C@H](CN(CC)c2cc(C)c(C(F)(F)F)cc2CN(Cc2cc(C(F)(F)F)cc(C(F)(F)F)c2)c2nnn(C)n2)CC1. The van der Waals surface area contributed by atoms with E-state index in [1.807, 2.05) is 11.8 Å². The molecule has 8 nitrogen and oxygen atoms in total. The zero-order valence-corrected chi connectivity index (χ0v) is 28.0. The maximum atomic E-state index is 14.2. The van der Waals surface area contributed by atoms with Crippen LogP contribution < -0.4 is 9.80 Å². The second-order valence-corrected chi connectivity index (χ2v) is 12.6. The molecule has 1 fully saturated rings. The summed E-state index contributed by atoms with van der Waals surface area (Å²) in [6.45, 7) is 5.07. The summed E-state index contributed by atoms with van der Waals surface area (Å²) in [5.74, 6) is -0.127. The lowest BCUT2D eigenvalue weighted by Gasteiger charge is -2.35. The van der Waals surface area contributed by atoms with Gasteiger partial charge in [0.05, 0.1) is 30.3 Å². The van der Waals surface area contributed by atoms with Crippen LogP contribution in [0, 0.1) is 18.8 Å². The van der Waals surface area contributed by atoms with E-state index in [0.29, 0.717) is 43.9 Å². The first-order chi connectivity index (χ1) is 23.3. The molecular weight excluding hydrogens is 683 g/mol. The lowest BCUT2D eigenvalue weighted by Crippen LogP contribution is -2.34. The third-order valence-electron chi connectivity index (χ3n) is 8.82. The van der Waals surface area contributed by atoms with Gasteiger partial charge in [-0.05, 0) is 111 Å². The van der Waals surface area contributed by atoms with E-state index in [9.17, 15) is 44.3 Å². The minimum atomic E-state index is -5.10. The van der Waals surface area contributed by atoms with Gasteiger partial charge in [0.15, 0.2) is 0 Å². The molecule has 0 saturated heterocycles. The van der Waals surface area contributed by atoms with Crippen molar-refractivity contribution in [1.29, 1.82) is 0 Å². The molecule has 2 aromatic carbocycles. The van der Waals surface area contributed by atoms with E-state index >= 15 is 0 Å². The number of hydrogen-bond acceptors (Lipinski definition) is 7. The van der Waals surface area contributed by atoms with Crippen LogP contribution in [0.2, 0.25) is 0 Å². The van der Waals surface area contributed by atoms with E-state index in [1.54, 1.807) is 6.92 Å². The zero-order valence-electron chi connectivity index (χ0n) is 28.0. The lowest BCUT2D eigenvalue weighted by atomic mass is 9.80. The number of tetrazole rings is 1. The first-order valence-corrected chi connectivity index (χ1v) is 16.2. The van der Waals surface area contributed by atoms with Gasteiger partial charge < -0.3 is 14.5 Å². The van der Waals surface area contributed by atoms with Gasteiger partial charge in [0.2, 0.25) is 0 Å². The van der Waals surface area contributed by atoms with Gasteiger partial charge >= 0.3 is 24.5 Å². The Balaban J connectivity index is 1.71. The highest BCUT2D eigenvalue weighted by molar-refractivity contribution is 5.69. The van der Waals surface area contributed by atoms with Gasteiger partial charge in [-0.15, -0.1) is 5.10 Å². The number of aromatic nitrogens is 4. The zero-order chi connectivity index (χ0) is 37.0. The van der Waals surface area contributed by atoms with Crippen LogP contribution in [-0.4, -0.2) is 45.9 Å². The maximum Gasteiger partial charge on any atom is 0.416 e. The summed E-state index contributed by atoms with van der Waals surface area (Å²) in [6, 6.07) is 3.49. The fraction of sp³-hybridized carbons (Fsp3) is 0.576. The second-order valence-electron chi connectivity index (χ2n) is 12.6. The molecule has 0 N–H and O–H groups in total. The largest absolute Gasteiger partial charge is 0.466 e. The molecular formula is C33H39F9N6O2. The number of aryl methyl sites for hydroxylation is 2. The molecule has 1 saturated carbocycles. The van der Waals surface area contributed by atoms with Crippen LogP contribution in [-0.2, 0) is 48.2 Å². The molecule has 0 bridgehead atoms. The van der Waals surface area contributed by atoms with Crippen LogP contribution in [0.3, 0.4) is 0 Å². The van der Waals surface area contributed by atoms with E-state index in [4.69, 9.17) is 4.74 Å². The molecule has 1 aliphatic rings. The van der Waals surface area contributed by atoms with Crippen molar-refractivity contribution in [2.24, 2.45) is 18.9 Å². The molecule has 0 aliphatic heterocycles. The lowest BCUT2D eigenvalue weighted by molar-refractivity contribution is -0.145. The van der Waals surface area contributed by atoms with E-state index in [1.165, 1.54) is 24.9 Å². The van der Waals surface area contributed by atoms with Crippen LogP contribution in [0.1, 0.15) is 79.3 Å². The number of nitrogens with zero attached hydrogens (tertiary/aromatic N) is 6. The highest BCUT2D eigenvalue weighted by Crippen LogP contribution is 2.40. The molecule has 0 atom stereocenters. The van der Waals surface area contributed by atoms with E-state index in [-0.39, 0.29) is 40.9 Å². The Morgan fingerprint density at radius 3 is 1.94 bits per heavy atom. The summed E-state index contributed by atoms with van der Waals surface area (Å²) in [7, 11) is 1.39. The molecule has 276 valence electrons. The average molecular weight is 723 g/mol. The van der Waals surface area contributed by atoms with Crippen molar-refractivity contribution >= 4 is 17.6 Å². The van der Waals surface area contributed by atoms with Gasteiger partial charge in [-0.3, -0.25) is 4.79 Å². The van der Waals surface area contributed by atoms with Gasteiger partial charge in [0.25, 0.3) is 5.95 Å². The van der Waals surface area contributed by atoms with Gasteiger partial charge in [0.1, 0.15) is 0 Å². The second kappa shape index (κ2) is 15.5. The number of hydrogen-bond donors (Lipinski definition) is 0. The van der Waals surface area contributed by atoms with Crippen LogP contribution in [0.5, 0.6) is 0 Å². The quantitative estimate of drug-likeness (QED) is 0.137. The van der Waals surface area contributed by atoms with Crippen LogP contribution in [0.15, 0.2) is 30.3 Å². The summed E-state index contributed by atoms with van der Waals surface area (Å²) >= 11 is 0. The van der Waals surface area contributed by atoms with Crippen molar-refractivity contribution in [1.82, 2.24) is 20.2 Å². The topological polar surface area (TPSA) is 76.4 Å². The van der Waals surface area contributed by atoms with Crippen molar-refractivity contribution in [3.8, 4) is 0 Å². The van der Waals surface area contributed by atoms with Crippen LogP contribution in [0.25, 0.3) is 0 Å². The van der Waals surface area contributed by atoms with Gasteiger partial charge in [-0.1, -0.05) is 5.10 Å². The average Bonchev–Trinajstić information content (AvgIpc) is 3.45. The number of ether oxygens (including phenoxy) is 1. The Morgan fingerprint density at radius 2 is 1.44 bits per heavy atom.